The molecule has 0 amide bonds. The van der Waals surface area contributed by atoms with Gasteiger partial charge in [0.25, 0.3) is 0 Å². The molecule has 0 aliphatic rings. The third-order valence-electron chi connectivity index (χ3n) is 5.50. The molecule has 0 bridgehead atoms. The number of hydrogen-bond acceptors (Lipinski definition) is 0. The summed E-state index contributed by atoms with van der Waals surface area (Å²) in [6, 6.07) is 28.9. The fourth-order valence-corrected chi connectivity index (χ4v) is 4.11. The molecule has 0 fully saturated rings. The first kappa shape index (κ1) is 23.4. The summed E-state index contributed by atoms with van der Waals surface area (Å²) in [5, 5.41) is 2.69. The maximum atomic E-state index is 4.93. The third kappa shape index (κ3) is 5.13. The van der Waals surface area contributed by atoms with Crippen LogP contribution < -0.4 is 0 Å². The Kier molecular flexibility index (Phi) is 8.46. The maximum absolute atomic E-state index is 4.93. The molecule has 0 nitrogen and oxygen atoms in total. The molecule has 0 saturated heterocycles. The molecule has 154 valence electrons. The predicted octanol–water partition coefficient (Wildman–Crippen LogP) is 9.52. The molecule has 0 saturated carbocycles. The Hall–Kier alpha value is -1.27. The van der Waals surface area contributed by atoms with Gasteiger partial charge in [0.1, 0.15) is 0 Å². The number of hydrogen-bond donors (Lipinski definition) is 0. The summed E-state index contributed by atoms with van der Waals surface area (Å²) in [6.07, 6.45) is 0. The molecular weight excluding hydrogens is 486 g/mol. The monoisotopic (exact) mass is 511 g/mol. The van der Waals surface area contributed by atoms with Gasteiger partial charge in [0, 0.05) is 0 Å². The molecule has 0 aliphatic carbocycles. The molecule has 0 atom stereocenters. The fourth-order valence-electron chi connectivity index (χ4n) is 4.11. The van der Waals surface area contributed by atoms with Gasteiger partial charge in [0.15, 0.2) is 0 Å². The Bertz CT molecular complexity index is 1090. The van der Waals surface area contributed by atoms with Crippen LogP contribution in [-0.2, 0) is 20.8 Å². The summed E-state index contributed by atoms with van der Waals surface area (Å²) in [7, 11) is 9.87. The van der Waals surface area contributed by atoms with E-state index in [9.17, 15) is 0 Å². The molecule has 0 radical (unpaired) electrons. The molecule has 0 unspecified atom stereocenters. The first-order valence-corrected chi connectivity index (χ1v) is 16.6. The van der Waals surface area contributed by atoms with Crippen LogP contribution in [0, 0.1) is 0 Å². The molecule has 0 spiro atoms. The van der Waals surface area contributed by atoms with Crippen LogP contribution in [0.3, 0.4) is 0 Å². The van der Waals surface area contributed by atoms with E-state index in [0.717, 1.165) is 0 Å². The Labute approximate surface area is 199 Å². The second-order valence-electron chi connectivity index (χ2n) is 8.11. The molecule has 0 N–H and O–H groups in total. The van der Waals surface area contributed by atoms with Crippen molar-refractivity contribution in [3.63, 3.8) is 0 Å². The van der Waals surface area contributed by atoms with Crippen molar-refractivity contribution in [3.8, 4) is 22.3 Å². The van der Waals surface area contributed by atoms with Crippen molar-refractivity contribution in [3.05, 3.63) is 90.0 Å². The van der Waals surface area contributed by atoms with Crippen molar-refractivity contribution in [1.82, 2.24) is 0 Å². The van der Waals surface area contributed by atoms with E-state index in [1.165, 1.54) is 44.2 Å². The van der Waals surface area contributed by atoms with Crippen molar-refractivity contribution in [2.75, 3.05) is 0 Å². The van der Waals surface area contributed by atoms with Crippen LogP contribution in [0.5, 0.6) is 0 Å². The molecule has 0 heterocycles. The Morgan fingerprint density at radius 1 is 0.733 bits per heavy atom. The predicted molar refractivity (Wildman–Crippen MR) is 130 cm³/mol. The molecular formula is C27H27Cl2Zr-. The van der Waals surface area contributed by atoms with Crippen LogP contribution in [0.15, 0.2) is 78.9 Å². The second-order valence-corrected chi connectivity index (χ2v) is 11.8. The van der Waals surface area contributed by atoms with E-state index in [-0.39, 0.29) is 0 Å². The molecule has 4 rings (SSSR count). The average Bonchev–Trinajstić information content (AvgIpc) is 3.18. The van der Waals surface area contributed by atoms with Gasteiger partial charge in [-0.2, -0.15) is 0 Å². The standard InChI is InChI=1S/C27H27.2ClH.Zr/c1-18(2)23-12-8-9-13-25(23)27-24(19(3)4)15-14-21-16-22(17-26(21)27)20-10-6-5-7-11-20;;;/h5-19H,1-4H3;2*1H;/q-1;;;+2/p-2. The van der Waals surface area contributed by atoms with E-state index in [4.69, 9.17) is 17.0 Å². The van der Waals surface area contributed by atoms with E-state index in [2.05, 4.69) is 107 Å². The van der Waals surface area contributed by atoms with Crippen molar-refractivity contribution in [2.45, 2.75) is 39.5 Å². The number of halogens is 2. The van der Waals surface area contributed by atoms with Crippen molar-refractivity contribution >= 4 is 27.8 Å². The van der Waals surface area contributed by atoms with E-state index in [1.54, 1.807) is 0 Å². The quantitative estimate of drug-likeness (QED) is 0.238. The first-order valence-electron chi connectivity index (χ1n) is 10.3. The van der Waals surface area contributed by atoms with Gasteiger partial charge in [-0.3, -0.25) is 0 Å². The van der Waals surface area contributed by atoms with Crippen molar-refractivity contribution < 1.29 is 20.8 Å². The van der Waals surface area contributed by atoms with Gasteiger partial charge in [-0.25, -0.2) is 0 Å². The zero-order chi connectivity index (χ0) is 21.7. The van der Waals surface area contributed by atoms with Gasteiger partial charge < -0.3 is 0 Å². The summed E-state index contributed by atoms with van der Waals surface area (Å²) in [5.41, 5.74) is 8.23. The average molecular weight is 514 g/mol. The van der Waals surface area contributed by atoms with Crippen molar-refractivity contribution in [2.24, 2.45) is 0 Å². The van der Waals surface area contributed by atoms with Gasteiger partial charge in [0.05, 0.1) is 0 Å². The third-order valence-corrected chi connectivity index (χ3v) is 5.50. The zero-order valence-corrected chi connectivity index (χ0v) is 21.9. The molecule has 0 aromatic heterocycles. The molecule has 4 aromatic rings. The van der Waals surface area contributed by atoms with Gasteiger partial charge in [-0.05, 0) is 28.5 Å². The molecule has 0 aliphatic heterocycles. The van der Waals surface area contributed by atoms with Gasteiger partial charge >= 0.3 is 37.9 Å². The van der Waals surface area contributed by atoms with Gasteiger partial charge in [0.2, 0.25) is 0 Å². The Balaban J connectivity index is 0.000000806. The zero-order valence-electron chi connectivity index (χ0n) is 17.9. The number of benzene rings is 3. The summed E-state index contributed by atoms with van der Waals surface area (Å²) < 4.78 is 0. The van der Waals surface area contributed by atoms with Crippen LogP contribution in [0.1, 0.15) is 50.7 Å². The summed E-state index contributed by atoms with van der Waals surface area (Å²) in [6.45, 7) is 9.16. The minimum absolute atomic E-state index is 0.486. The SMILES string of the molecule is CC(C)c1ccccc1-c1c(C(C)C)ccc2[cH-]c(-c3ccccc3)cc12.[Cl][Zr][Cl]. The van der Waals surface area contributed by atoms with Crippen LogP contribution >= 0.6 is 17.0 Å². The fraction of sp³-hybridized carbons (Fsp3) is 0.222. The number of rotatable bonds is 4. The summed E-state index contributed by atoms with van der Waals surface area (Å²) in [5.74, 6) is 0.986. The molecule has 30 heavy (non-hydrogen) atoms. The number of fused-ring (bicyclic) bond motifs is 1. The Morgan fingerprint density at radius 3 is 1.97 bits per heavy atom. The summed E-state index contributed by atoms with van der Waals surface area (Å²) >= 11 is -0.826. The van der Waals surface area contributed by atoms with Crippen LogP contribution in [0.4, 0.5) is 0 Å². The van der Waals surface area contributed by atoms with Crippen LogP contribution in [0.2, 0.25) is 0 Å². The van der Waals surface area contributed by atoms with Gasteiger partial charge in [-0.1, -0.05) is 99.5 Å². The van der Waals surface area contributed by atoms with Crippen LogP contribution in [-0.4, -0.2) is 0 Å². The van der Waals surface area contributed by atoms with E-state index < -0.39 is 20.8 Å². The second kappa shape index (κ2) is 10.9. The minimum atomic E-state index is -0.826. The molecule has 4 aromatic carbocycles. The Morgan fingerprint density at radius 2 is 1.33 bits per heavy atom. The normalized spacial score (nSPS) is 10.9. The van der Waals surface area contributed by atoms with E-state index >= 15 is 0 Å². The van der Waals surface area contributed by atoms with E-state index in [0.29, 0.717) is 11.8 Å². The van der Waals surface area contributed by atoms with Gasteiger partial charge in [-0.15, -0.1) is 34.5 Å². The molecule has 3 heteroatoms. The van der Waals surface area contributed by atoms with Crippen molar-refractivity contribution in [1.29, 1.82) is 0 Å². The first-order chi connectivity index (χ1) is 14.5. The topological polar surface area (TPSA) is 0 Å². The summed E-state index contributed by atoms with van der Waals surface area (Å²) in [4.78, 5) is 0. The van der Waals surface area contributed by atoms with E-state index in [1.807, 2.05) is 0 Å². The van der Waals surface area contributed by atoms with Crippen LogP contribution in [0.25, 0.3) is 33.0 Å².